The number of benzene rings is 1. The highest BCUT2D eigenvalue weighted by atomic mass is 16.6. The highest BCUT2D eigenvalue weighted by Crippen LogP contribution is 2.34. The van der Waals surface area contributed by atoms with Crippen LogP contribution >= 0.6 is 0 Å². The van der Waals surface area contributed by atoms with Crippen LogP contribution in [0.3, 0.4) is 0 Å². The van der Waals surface area contributed by atoms with Gasteiger partial charge in [-0.2, -0.15) is 0 Å². The van der Waals surface area contributed by atoms with Crippen LogP contribution in [-0.2, 0) is 16.0 Å². The summed E-state index contributed by atoms with van der Waals surface area (Å²) in [5, 5.41) is 25.1. The van der Waals surface area contributed by atoms with E-state index < -0.39 is 16.9 Å². The summed E-state index contributed by atoms with van der Waals surface area (Å²) in [5.41, 5.74) is 1.02. The number of carboxylic acids is 1. The second kappa shape index (κ2) is 5.16. The van der Waals surface area contributed by atoms with Crippen LogP contribution in [0.4, 0.5) is 17.1 Å². The van der Waals surface area contributed by atoms with E-state index in [1.165, 1.54) is 19.1 Å². The van der Waals surface area contributed by atoms with Crippen LogP contribution < -0.4 is 10.6 Å². The summed E-state index contributed by atoms with van der Waals surface area (Å²) in [4.78, 5) is 32.6. The summed E-state index contributed by atoms with van der Waals surface area (Å²) >= 11 is 0. The molecule has 1 aromatic rings. The first-order chi connectivity index (χ1) is 9.38. The molecule has 0 fully saturated rings. The molecule has 0 unspecified atom stereocenters. The number of aryl methyl sites for hydroxylation is 1. The van der Waals surface area contributed by atoms with Crippen LogP contribution in [0.25, 0.3) is 0 Å². The van der Waals surface area contributed by atoms with E-state index in [2.05, 4.69) is 10.6 Å². The SMILES string of the molecule is C[C@@H](Nc1cc2c(cc1[N+](=O)[O-])CCC(=O)N2)C(=O)O. The fourth-order valence-corrected chi connectivity index (χ4v) is 1.98. The molecular weight excluding hydrogens is 266 g/mol. The quantitative estimate of drug-likeness (QED) is 0.565. The summed E-state index contributed by atoms with van der Waals surface area (Å²) in [7, 11) is 0. The van der Waals surface area contributed by atoms with Crippen LogP contribution in [0, 0.1) is 10.1 Å². The van der Waals surface area contributed by atoms with Gasteiger partial charge in [0.1, 0.15) is 11.7 Å². The standard InChI is InChI=1S/C12H13N3O5/c1-6(12(17)18)13-9-5-8-7(2-3-11(16)14-8)4-10(9)15(19)20/h4-6,13H,2-3H2,1H3,(H,14,16)(H,17,18)/t6-/m1/s1. The number of carbonyl (C=O) groups is 2. The molecule has 1 aromatic carbocycles. The van der Waals surface area contributed by atoms with Gasteiger partial charge in [0, 0.05) is 18.2 Å². The molecule has 8 heteroatoms. The van der Waals surface area contributed by atoms with Crippen molar-refractivity contribution in [1.29, 1.82) is 0 Å². The van der Waals surface area contributed by atoms with Gasteiger partial charge in [0.15, 0.2) is 0 Å². The van der Waals surface area contributed by atoms with Gasteiger partial charge in [-0.1, -0.05) is 0 Å². The normalized spacial score (nSPS) is 14.9. The number of fused-ring (bicyclic) bond motifs is 1. The van der Waals surface area contributed by atoms with Gasteiger partial charge < -0.3 is 15.7 Å². The maximum atomic E-state index is 11.3. The number of hydrogen-bond acceptors (Lipinski definition) is 5. The second-order valence-electron chi connectivity index (χ2n) is 4.54. The van der Waals surface area contributed by atoms with E-state index in [0.29, 0.717) is 17.7 Å². The first kappa shape index (κ1) is 13.8. The lowest BCUT2D eigenvalue weighted by Gasteiger charge is -2.19. The molecule has 1 aliphatic heterocycles. The van der Waals surface area contributed by atoms with Gasteiger partial charge in [-0.3, -0.25) is 19.7 Å². The third kappa shape index (κ3) is 2.68. The topological polar surface area (TPSA) is 122 Å². The number of rotatable bonds is 4. The molecule has 8 nitrogen and oxygen atoms in total. The van der Waals surface area contributed by atoms with Gasteiger partial charge in [0.05, 0.1) is 4.92 Å². The summed E-state index contributed by atoms with van der Waals surface area (Å²) in [5.74, 6) is -1.29. The van der Waals surface area contributed by atoms with Crippen LogP contribution in [0.1, 0.15) is 18.9 Å². The maximum absolute atomic E-state index is 11.3. The first-order valence-electron chi connectivity index (χ1n) is 5.99. The smallest absolute Gasteiger partial charge is 0.325 e. The molecule has 0 saturated carbocycles. The Kier molecular flexibility index (Phi) is 3.55. The molecular formula is C12H13N3O5. The van der Waals surface area contributed by atoms with Crippen molar-refractivity contribution in [3.63, 3.8) is 0 Å². The molecule has 20 heavy (non-hydrogen) atoms. The summed E-state index contributed by atoms with van der Waals surface area (Å²) < 4.78 is 0. The highest BCUT2D eigenvalue weighted by Gasteiger charge is 2.24. The van der Waals surface area contributed by atoms with E-state index in [0.717, 1.165) is 0 Å². The van der Waals surface area contributed by atoms with Crippen molar-refractivity contribution in [3.8, 4) is 0 Å². The number of nitrogens with zero attached hydrogens (tertiary/aromatic N) is 1. The van der Waals surface area contributed by atoms with Gasteiger partial charge in [-0.25, -0.2) is 0 Å². The van der Waals surface area contributed by atoms with Crippen molar-refractivity contribution < 1.29 is 19.6 Å². The zero-order valence-electron chi connectivity index (χ0n) is 10.7. The van der Waals surface area contributed by atoms with E-state index in [1.54, 1.807) is 0 Å². The zero-order valence-corrected chi connectivity index (χ0v) is 10.7. The molecule has 2 rings (SSSR count). The molecule has 1 heterocycles. The number of anilines is 2. The number of hydrogen-bond donors (Lipinski definition) is 3. The number of aliphatic carboxylic acids is 1. The Balaban J connectivity index is 2.43. The monoisotopic (exact) mass is 279 g/mol. The fraction of sp³-hybridized carbons (Fsp3) is 0.333. The molecule has 1 amide bonds. The number of nitrogens with one attached hydrogen (secondary N) is 2. The molecule has 0 spiro atoms. The van der Waals surface area contributed by atoms with Gasteiger partial charge >= 0.3 is 5.97 Å². The third-order valence-corrected chi connectivity index (χ3v) is 3.06. The Labute approximate surface area is 113 Å². The molecule has 0 aliphatic carbocycles. The Bertz CT molecular complexity index is 599. The zero-order chi connectivity index (χ0) is 14.9. The number of nitro benzene ring substituents is 1. The van der Waals surface area contributed by atoms with Gasteiger partial charge in [-0.15, -0.1) is 0 Å². The van der Waals surface area contributed by atoms with E-state index in [-0.39, 0.29) is 23.7 Å². The average molecular weight is 279 g/mol. The lowest BCUT2D eigenvalue weighted by Crippen LogP contribution is -2.26. The molecule has 106 valence electrons. The number of carbonyl (C=O) groups excluding carboxylic acids is 1. The Morgan fingerprint density at radius 3 is 2.80 bits per heavy atom. The summed E-state index contributed by atoms with van der Waals surface area (Å²) in [6, 6.07) is 1.79. The van der Waals surface area contributed by atoms with Crippen LogP contribution in [0.5, 0.6) is 0 Å². The lowest BCUT2D eigenvalue weighted by atomic mass is 10.0. The minimum Gasteiger partial charge on any atom is -0.480 e. The number of carboxylic acid groups (broad SMARTS) is 1. The van der Waals surface area contributed by atoms with Gasteiger partial charge in [-0.05, 0) is 25.0 Å². The first-order valence-corrected chi connectivity index (χ1v) is 5.99. The van der Waals surface area contributed by atoms with Crippen LogP contribution in [0.2, 0.25) is 0 Å². The molecule has 3 N–H and O–H groups in total. The van der Waals surface area contributed by atoms with E-state index in [4.69, 9.17) is 5.11 Å². The van der Waals surface area contributed by atoms with E-state index in [1.807, 2.05) is 0 Å². The lowest BCUT2D eigenvalue weighted by molar-refractivity contribution is -0.384. The van der Waals surface area contributed by atoms with Crippen molar-refractivity contribution >= 4 is 28.9 Å². The van der Waals surface area contributed by atoms with Crippen molar-refractivity contribution in [3.05, 3.63) is 27.8 Å². The Morgan fingerprint density at radius 1 is 1.50 bits per heavy atom. The van der Waals surface area contributed by atoms with Crippen molar-refractivity contribution in [2.75, 3.05) is 10.6 Å². The molecule has 0 bridgehead atoms. The minimum atomic E-state index is -1.12. The van der Waals surface area contributed by atoms with Gasteiger partial charge in [0.25, 0.3) is 5.69 Å². The molecule has 0 saturated heterocycles. The van der Waals surface area contributed by atoms with Gasteiger partial charge in [0.2, 0.25) is 5.91 Å². The maximum Gasteiger partial charge on any atom is 0.325 e. The predicted octanol–water partition coefficient (Wildman–Crippen LogP) is 1.36. The van der Waals surface area contributed by atoms with Crippen molar-refractivity contribution in [2.24, 2.45) is 0 Å². The summed E-state index contributed by atoms with van der Waals surface area (Å²) in [6.07, 6.45) is 0.708. The summed E-state index contributed by atoms with van der Waals surface area (Å²) in [6.45, 7) is 1.38. The molecule has 1 atom stereocenters. The Hall–Kier alpha value is -2.64. The van der Waals surface area contributed by atoms with E-state index in [9.17, 15) is 19.7 Å². The third-order valence-electron chi connectivity index (χ3n) is 3.06. The minimum absolute atomic E-state index is 0.0749. The average Bonchev–Trinajstić information content (AvgIpc) is 2.37. The van der Waals surface area contributed by atoms with Crippen LogP contribution in [-0.4, -0.2) is 27.9 Å². The van der Waals surface area contributed by atoms with Crippen LogP contribution in [0.15, 0.2) is 12.1 Å². The highest BCUT2D eigenvalue weighted by molar-refractivity contribution is 5.95. The number of nitro groups is 1. The van der Waals surface area contributed by atoms with Crippen molar-refractivity contribution in [2.45, 2.75) is 25.8 Å². The molecule has 0 radical (unpaired) electrons. The molecule has 0 aromatic heterocycles. The van der Waals surface area contributed by atoms with Crippen molar-refractivity contribution in [1.82, 2.24) is 0 Å². The fourth-order valence-electron chi connectivity index (χ4n) is 1.98. The Morgan fingerprint density at radius 2 is 2.20 bits per heavy atom. The second-order valence-corrected chi connectivity index (χ2v) is 4.54. The number of amides is 1. The largest absolute Gasteiger partial charge is 0.480 e. The predicted molar refractivity (Wildman–Crippen MR) is 70.8 cm³/mol. The van der Waals surface area contributed by atoms with E-state index >= 15 is 0 Å². The molecule has 1 aliphatic rings.